The standard InChI is InChI=1S/C12H16FNO3/c1-3-16-12(15)7-17-9-4-5-10(8(2)14)11(13)6-9/h4-6,8H,3,7,14H2,1-2H3/t8-/m1/s1. The molecule has 0 aliphatic carbocycles. The van der Waals surface area contributed by atoms with E-state index in [2.05, 4.69) is 4.74 Å². The zero-order chi connectivity index (χ0) is 12.8. The average molecular weight is 241 g/mol. The van der Waals surface area contributed by atoms with E-state index < -0.39 is 11.8 Å². The van der Waals surface area contributed by atoms with Crippen LogP contribution in [0.15, 0.2) is 18.2 Å². The first-order valence-electron chi connectivity index (χ1n) is 5.38. The van der Waals surface area contributed by atoms with Gasteiger partial charge in [-0.1, -0.05) is 6.07 Å². The van der Waals surface area contributed by atoms with Crippen molar-refractivity contribution in [2.24, 2.45) is 5.73 Å². The van der Waals surface area contributed by atoms with Gasteiger partial charge in [0.05, 0.1) is 6.61 Å². The number of halogens is 1. The average Bonchev–Trinajstić information content (AvgIpc) is 2.26. The molecule has 0 unspecified atom stereocenters. The molecule has 0 bridgehead atoms. The summed E-state index contributed by atoms with van der Waals surface area (Å²) in [5.41, 5.74) is 5.98. The Kier molecular flexibility index (Phi) is 4.90. The Morgan fingerprint density at radius 1 is 1.53 bits per heavy atom. The van der Waals surface area contributed by atoms with Gasteiger partial charge in [-0.25, -0.2) is 9.18 Å². The van der Waals surface area contributed by atoms with E-state index in [9.17, 15) is 9.18 Å². The van der Waals surface area contributed by atoms with Crippen molar-refractivity contribution in [1.29, 1.82) is 0 Å². The van der Waals surface area contributed by atoms with E-state index in [0.29, 0.717) is 12.2 Å². The summed E-state index contributed by atoms with van der Waals surface area (Å²) in [4.78, 5) is 11.0. The van der Waals surface area contributed by atoms with Crippen LogP contribution in [0.4, 0.5) is 4.39 Å². The van der Waals surface area contributed by atoms with Crippen molar-refractivity contribution in [3.05, 3.63) is 29.6 Å². The normalized spacial score (nSPS) is 12.0. The van der Waals surface area contributed by atoms with Crippen molar-refractivity contribution in [3.63, 3.8) is 0 Å². The molecule has 1 aromatic carbocycles. The van der Waals surface area contributed by atoms with Crippen LogP contribution in [-0.4, -0.2) is 19.2 Å². The molecule has 0 aliphatic rings. The molecule has 0 amide bonds. The minimum absolute atomic E-state index is 0.231. The summed E-state index contributed by atoms with van der Waals surface area (Å²) >= 11 is 0. The highest BCUT2D eigenvalue weighted by atomic mass is 19.1. The number of hydrogen-bond donors (Lipinski definition) is 1. The Morgan fingerprint density at radius 2 is 2.24 bits per heavy atom. The predicted molar refractivity (Wildman–Crippen MR) is 61.1 cm³/mol. The Hall–Kier alpha value is -1.62. The second-order valence-electron chi connectivity index (χ2n) is 3.57. The second kappa shape index (κ2) is 6.20. The summed E-state index contributed by atoms with van der Waals surface area (Å²) in [6.07, 6.45) is 0. The van der Waals surface area contributed by atoms with Gasteiger partial charge in [0.1, 0.15) is 11.6 Å². The highest BCUT2D eigenvalue weighted by Gasteiger charge is 2.09. The molecule has 0 heterocycles. The first-order valence-corrected chi connectivity index (χ1v) is 5.38. The first-order chi connectivity index (χ1) is 8.04. The lowest BCUT2D eigenvalue weighted by Crippen LogP contribution is -2.15. The molecule has 2 N–H and O–H groups in total. The molecular weight excluding hydrogens is 225 g/mol. The van der Waals surface area contributed by atoms with Gasteiger partial charge in [-0.3, -0.25) is 0 Å². The third kappa shape index (κ3) is 4.03. The van der Waals surface area contributed by atoms with Crippen LogP contribution in [0.5, 0.6) is 5.75 Å². The summed E-state index contributed by atoms with van der Waals surface area (Å²) in [5, 5.41) is 0. The van der Waals surface area contributed by atoms with Gasteiger partial charge in [0.2, 0.25) is 0 Å². The second-order valence-corrected chi connectivity index (χ2v) is 3.57. The lowest BCUT2D eigenvalue weighted by atomic mass is 10.1. The maximum atomic E-state index is 13.5. The fourth-order valence-electron chi connectivity index (χ4n) is 1.31. The molecule has 0 aromatic heterocycles. The molecule has 17 heavy (non-hydrogen) atoms. The number of benzene rings is 1. The molecule has 0 saturated heterocycles. The van der Waals surface area contributed by atoms with Gasteiger partial charge < -0.3 is 15.2 Å². The van der Waals surface area contributed by atoms with Crippen molar-refractivity contribution >= 4 is 5.97 Å². The molecule has 0 spiro atoms. The zero-order valence-electron chi connectivity index (χ0n) is 9.90. The number of carbonyl (C=O) groups is 1. The number of esters is 1. The van der Waals surface area contributed by atoms with Gasteiger partial charge >= 0.3 is 5.97 Å². The summed E-state index contributed by atoms with van der Waals surface area (Å²) in [6, 6.07) is 3.94. The van der Waals surface area contributed by atoms with E-state index in [1.165, 1.54) is 6.07 Å². The van der Waals surface area contributed by atoms with Gasteiger partial charge in [0.25, 0.3) is 0 Å². The van der Waals surface area contributed by atoms with E-state index in [4.69, 9.17) is 10.5 Å². The van der Waals surface area contributed by atoms with Crippen molar-refractivity contribution in [2.45, 2.75) is 19.9 Å². The third-order valence-electron chi connectivity index (χ3n) is 2.12. The smallest absolute Gasteiger partial charge is 0.344 e. The Bertz CT molecular complexity index is 393. The maximum Gasteiger partial charge on any atom is 0.344 e. The largest absolute Gasteiger partial charge is 0.482 e. The zero-order valence-corrected chi connectivity index (χ0v) is 9.90. The van der Waals surface area contributed by atoms with E-state index >= 15 is 0 Å². The van der Waals surface area contributed by atoms with E-state index in [-0.39, 0.29) is 18.4 Å². The van der Waals surface area contributed by atoms with E-state index in [1.54, 1.807) is 26.0 Å². The molecule has 0 fully saturated rings. The molecule has 0 aliphatic heterocycles. The van der Waals surface area contributed by atoms with Crippen LogP contribution in [-0.2, 0) is 9.53 Å². The van der Waals surface area contributed by atoms with Crippen LogP contribution in [0, 0.1) is 5.82 Å². The number of rotatable bonds is 5. The summed E-state index contributed by atoms with van der Waals surface area (Å²) < 4.78 is 23.3. The van der Waals surface area contributed by atoms with Crippen molar-refractivity contribution in [3.8, 4) is 5.75 Å². The Labute approximate surface area is 99.5 Å². The number of hydrogen-bond acceptors (Lipinski definition) is 4. The maximum absolute atomic E-state index is 13.5. The summed E-state index contributed by atoms with van der Waals surface area (Å²) in [6.45, 7) is 3.46. The van der Waals surface area contributed by atoms with Gasteiger partial charge in [-0.05, 0) is 19.9 Å². The van der Waals surface area contributed by atoms with Crippen LogP contribution >= 0.6 is 0 Å². The van der Waals surface area contributed by atoms with Gasteiger partial charge in [0, 0.05) is 17.7 Å². The minimum atomic E-state index is -0.482. The summed E-state index contributed by atoms with van der Waals surface area (Å²) in [5.74, 6) is -0.648. The molecule has 1 rings (SSSR count). The fraction of sp³-hybridized carbons (Fsp3) is 0.417. The molecular formula is C12H16FNO3. The predicted octanol–water partition coefficient (Wildman–Crippen LogP) is 1.79. The van der Waals surface area contributed by atoms with Crippen molar-refractivity contribution < 1.29 is 18.7 Å². The number of carbonyl (C=O) groups excluding carboxylic acids is 1. The van der Waals surface area contributed by atoms with Crippen LogP contribution < -0.4 is 10.5 Å². The van der Waals surface area contributed by atoms with E-state index in [1.807, 2.05) is 0 Å². The number of ether oxygens (including phenoxy) is 2. The van der Waals surface area contributed by atoms with Crippen LogP contribution in [0.1, 0.15) is 25.5 Å². The van der Waals surface area contributed by atoms with Crippen LogP contribution in [0.2, 0.25) is 0 Å². The SMILES string of the molecule is CCOC(=O)COc1ccc([C@@H](C)N)c(F)c1. The Balaban J connectivity index is 2.62. The van der Waals surface area contributed by atoms with E-state index in [0.717, 1.165) is 0 Å². The fourth-order valence-corrected chi connectivity index (χ4v) is 1.31. The molecule has 1 atom stereocenters. The highest BCUT2D eigenvalue weighted by molar-refractivity contribution is 5.71. The molecule has 0 saturated carbocycles. The molecule has 4 nitrogen and oxygen atoms in total. The van der Waals surface area contributed by atoms with Crippen LogP contribution in [0.25, 0.3) is 0 Å². The van der Waals surface area contributed by atoms with Gasteiger partial charge in [-0.15, -0.1) is 0 Å². The Morgan fingerprint density at radius 3 is 2.76 bits per heavy atom. The van der Waals surface area contributed by atoms with Crippen molar-refractivity contribution in [1.82, 2.24) is 0 Å². The monoisotopic (exact) mass is 241 g/mol. The lowest BCUT2D eigenvalue weighted by Gasteiger charge is -2.10. The summed E-state index contributed by atoms with van der Waals surface area (Å²) in [7, 11) is 0. The van der Waals surface area contributed by atoms with Crippen LogP contribution in [0.3, 0.4) is 0 Å². The molecule has 94 valence electrons. The van der Waals surface area contributed by atoms with Gasteiger partial charge in [-0.2, -0.15) is 0 Å². The first kappa shape index (κ1) is 13.4. The lowest BCUT2D eigenvalue weighted by molar-refractivity contribution is -0.145. The third-order valence-corrected chi connectivity index (χ3v) is 2.12. The topological polar surface area (TPSA) is 61.5 Å². The van der Waals surface area contributed by atoms with Gasteiger partial charge in [0.15, 0.2) is 6.61 Å². The quantitative estimate of drug-likeness (QED) is 0.798. The minimum Gasteiger partial charge on any atom is -0.482 e. The molecule has 0 radical (unpaired) electrons. The van der Waals surface area contributed by atoms with Crippen molar-refractivity contribution in [2.75, 3.05) is 13.2 Å². The molecule has 1 aromatic rings. The number of nitrogens with two attached hydrogens (primary N) is 1. The highest BCUT2D eigenvalue weighted by Crippen LogP contribution is 2.20. The molecule has 5 heteroatoms.